The van der Waals surface area contributed by atoms with Crippen LogP contribution in [0.3, 0.4) is 0 Å². The van der Waals surface area contributed by atoms with E-state index in [9.17, 15) is 0 Å². The van der Waals surface area contributed by atoms with Crippen LogP contribution in [0.5, 0.6) is 5.88 Å². The van der Waals surface area contributed by atoms with Gasteiger partial charge in [-0.25, -0.2) is 5.90 Å². The van der Waals surface area contributed by atoms with Crippen molar-refractivity contribution in [1.29, 1.82) is 0 Å². The van der Waals surface area contributed by atoms with E-state index in [0.29, 0.717) is 12.5 Å². The molecule has 5 heteroatoms. The molecule has 2 rings (SSSR count). The summed E-state index contributed by atoms with van der Waals surface area (Å²) in [5.41, 5.74) is -0.0431. The van der Waals surface area contributed by atoms with E-state index in [1.54, 1.807) is 13.2 Å². The molecule has 2 N–H and O–H groups in total. The molecule has 1 aliphatic rings. The maximum atomic E-state index is 5.12. The number of ether oxygens (including phenoxy) is 1. The number of nitrogens with two attached hydrogens (primary N) is 1. The van der Waals surface area contributed by atoms with Gasteiger partial charge in [-0.05, 0) is 18.0 Å². The molecular formula is C8H12N2O3. The van der Waals surface area contributed by atoms with E-state index in [2.05, 4.69) is 9.99 Å². The summed E-state index contributed by atoms with van der Waals surface area (Å²) < 4.78 is 10.0. The van der Waals surface area contributed by atoms with Gasteiger partial charge in [0.1, 0.15) is 5.76 Å². The van der Waals surface area contributed by atoms with Crippen molar-refractivity contribution in [1.82, 2.24) is 5.16 Å². The van der Waals surface area contributed by atoms with Crippen molar-refractivity contribution in [2.24, 2.45) is 5.90 Å². The maximum Gasteiger partial charge on any atom is 0.254 e. The highest BCUT2D eigenvalue weighted by molar-refractivity contribution is 5.25. The molecule has 1 heterocycles. The lowest BCUT2D eigenvalue weighted by Crippen LogP contribution is -2.17. The Morgan fingerprint density at radius 1 is 1.69 bits per heavy atom. The second-order valence-corrected chi connectivity index (χ2v) is 3.32. The number of hydrogen-bond donors (Lipinski definition) is 1. The van der Waals surface area contributed by atoms with Crippen molar-refractivity contribution in [3.63, 3.8) is 0 Å². The van der Waals surface area contributed by atoms with Crippen LogP contribution in [0.25, 0.3) is 0 Å². The van der Waals surface area contributed by atoms with E-state index >= 15 is 0 Å². The molecule has 0 radical (unpaired) electrons. The van der Waals surface area contributed by atoms with E-state index in [1.165, 1.54) is 0 Å². The first-order valence-corrected chi connectivity index (χ1v) is 4.14. The van der Waals surface area contributed by atoms with Crippen LogP contribution in [0.15, 0.2) is 10.6 Å². The zero-order valence-electron chi connectivity index (χ0n) is 7.45. The second kappa shape index (κ2) is 3.01. The van der Waals surface area contributed by atoms with Gasteiger partial charge in [-0.3, -0.25) is 0 Å². The van der Waals surface area contributed by atoms with E-state index in [0.717, 1.165) is 18.6 Å². The van der Waals surface area contributed by atoms with E-state index in [-0.39, 0.29) is 5.41 Å². The maximum absolute atomic E-state index is 5.12. The van der Waals surface area contributed by atoms with Gasteiger partial charge in [-0.15, -0.1) is 0 Å². The second-order valence-electron chi connectivity index (χ2n) is 3.32. The highest BCUT2D eigenvalue weighted by atomic mass is 16.6. The third-order valence-electron chi connectivity index (χ3n) is 2.43. The van der Waals surface area contributed by atoms with Crippen molar-refractivity contribution < 1.29 is 14.1 Å². The van der Waals surface area contributed by atoms with Crippen molar-refractivity contribution in [3.05, 3.63) is 11.8 Å². The number of aromatic nitrogens is 1. The molecule has 13 heavy (non-hydrogen) atoms. The average molecular weight is 184 g/mol. The van der Waals surface area contributed by atoms with Crippen molar-refractivity contribution in [2.75, 3.05) is 13.7 Å². The normalized spacial score (nSPS) is 18.6. The molecule has 1 fully saturated rings. The van der Waals surface area contributed by atoms with Crippen LogP contribution in [-0.2, 0) is 10.3 Å². The molecule has 5 nitrogen and oxygen atoms in total. The van der Waals surface area contributed by atoms with Crippen molar-refractivity contribution >= 4 is 0 Å². The Bertz CT molecular complexity index is 293. The number of hydrogen-bond acceptors (Lipinski definition) is 5. The fraction of sp³-hybridized carbons (Fsp3) is 0.625. The Hall–Kier alpha value is -1.07. The van der Waals surface area contributed by atoms with Gasteiger partial charge in [0.15, 0.2) is 0 Å². The SMILES string of the molecule is COc1cc(C2(CON)CC2)on1. The third-order valence-corrected chi connectivity index (χ3v) is 2.43. The van der Waals surface area contributed by atoms with Crippen molar-refractivity contribution in [3.8, 4) is 5.88 Å². The molecule has 1 aromatic heterocycles. The predicted molar refractivity (Wildman–Crippen MR) is 44.1 cm³/mol. The molecule has 1 aromatic rings. The van der Waals surface area contributed by atoms with Gasteiger partial charge in [-0.2, -0.15) is 0 Å². The lowest BCUT2D eigenvalue weighted by atomic mass is 10.1. The first-order valence-electron chi connectivity index (χ1n) is 4.14. The zero-order valence-corrected chi connectivity index (χ0v) is 7.45. The fourth-order valence-corrected chi connectivity index (χ4v) is 1.38. The molecule has 0 unspecified atom stereocenters. The molecule has 0 spiro atoms. The summed E-state index contributed by atoms with van der Waals surface area (Å²) in [4.78, 5) is 4.64. The first kappa shape index (κ1) is 8.52. The number of methoxy groups -OCH3 is 1. The summed E-state index contributed by atoms with van der Waals surface area (Å²) in [5.74, 6) is 6.34. The molecule has 72 valence electrons. The summed E-state index contributed by atoms with van der Waals surface area (Å²) in [5, 5.41) is 3.73. The zero-order chi connectivity index (χ0) is 9.31. The summed E-state index contributed by atoms with van der Waals surface area (Å²) >= 11 is 0. The van der Waals surface area contributed by atoms with Gasteiger partial charge >= 0.3 is 0 Å². The van der Waals surface area contributed by atoms with Gasteiger partial charge in [0.25, 0.3) is 5.88 Å². The third kappa shape index (κ3) is 1.40. The molecule has 0 bridgehead atoms. The highest BCUT2D eigenvalue weighted by Gasteiger charge is 2.48. The van der Waals surface area contributed by atoms with Crippen LogP contribution < -0.4 is 10.6 Å². The quantitative estimate of drug-likeness (QED) is 0.694. The fourth-order valence-electron chi connectivity index (χ4n) is 1.38. The van der Waals surface area contributed by atoms with Gasteiger partial charge in [0.2, 0.25) is 0 Å². The Labute approximate surface area is 75.7 Å². The van der Waals surface area contributed by atoms with Crippen LogP contribution in [0, 0.1) is 0 Å². The van der Waals surface area contributed by atoms with Gasteiger partial charge in [-0.1, -0.05) is 0 Å². The smallest absolute Gasteiger partial charge is 0.254 e. The lowest BCUT2D eigenvalue weighted by molar-refractivity contribution is 0.107. The Kier molecular flexibility index (Phi) is 1.97. The summed E-state index contributed by atoms with van der Waals surface area (Å²) in [6.45, 7) is 0.478. The van der Waals surface area contributed by atoms with Crippen LogP contribution in [0.1, 0.15) is 18.6 Å². The van der Waals surface area contributed by atoms with E-state index in [4.69, 9.17) is 15.2 Å². The Morgan fingerprint density at radius 2 is 2.46 bits per heavy atom. The largest absolute Gasteiger partial charge is 0.479 e. The lowest BCUT2D eigenvalue weighted by Gasteiger charge is -2.07. The van der Waals surface area contributed by atoms with Crippen LogP contribution in [0.2, 0.25) is 0 Å². The van der Waals surface area contributed by atoms with Gasteiger partial charge < -0.3 is 14.1 Å². The molecule has 0 aromatic carbocycles. The van der Waals surface area contributed by atoms with Gasteiger partial charge in [0, 0.05) is 6.07 Å². The molecule has 1 saturated carbocycles. The monoisotopic (exact) mass is 184 g/mol. The summed E-state index contributed by atoms with van der Waals surface area (Å²) in [6, 6.07) is 1.78. The topological polar surface area (TPSA) is 70.5 Å². The predicted octanol–water partition coefficient (Wildman–Crippen LogP) is 0.605. The summed E-state index contributed by atoms with van der Waals surface area (Å²) in [6.07, 6.45) is 2.06. The molecule has 0 atom stereocenters. The van der Waals surface area contributed by atoms with Gasteiger partial charge in [0.05, 0.1) is 19.1 Å². The van der Waals surface area contributed by atoms with E-state index in [1.807, 2.05) is 0 Å². The molecule has 0 amide bonds. The molecule has 0 aliphatic heterocycles. The number of rotatable bonds is 4. The molecule has 1 aliphatic carbocycles. The molecular weight excluding hydrogens is 172 g/mol. The minimum atomic E-state index is -0.0431. The minimum Gasteiger partial charge on any atom is -0.479 e. The minimum absolute atomic E-state index is 0.0431. The van der Waals surface area contributed by atoms with Crippen LogP contribution in [0.4, 0.5) is 0 Å². The Balaban J connectivity index is 2.15. The summed E-state index contributed by atoms with van der Waals surface area (Å²) in [7, 11) is 1.56. The first-order chi connectivity index (χ1) is 6.30. The van der Waals surface area contributed by atoms with Crippen LogP contribution in [-0.4, -0.2) is 18.9 Å². The standard InChI is InChI=1S/C8H12N2O3/c1-11-7-4-6(13-10-7)8(2-3-8)5-12-9/h4H,2-3,5,9H2,1H3. The highest BCUT2D eigenvalue weighted by Crippen LogP contribution is 2.48. The van der Waals surface area contributed by atoms with E-state index < -0.39 is 0 Å². The van der Waals surface area contributed by atoms with Crippen LogP contribution >= 0.6 is 0 Å². The Morgan fingerprint density at radius 3 is 2.92 bits per heavy atom. The average Bonchev–Trinajstić information content (AvgIpc) is 2.78. The van der Waals surface area contributed by atoms with Crippen molar-refractivity contribution in [2.45, 2.75) is 18.3 Å². The number of nitrogens with zero attached hydrogens (tertiary/aromatic N) is 1. The molecule has 0 saturated heterocycles.